The average Bonchev–Trinajstić information content (AvgIpc) is 2.60. The Hall–Kier alpha value is -1.36. The molecule has 1 atom stereocenters. The van der Waals surface area contributed by atoms with E-state index >= 15 is 0 Å². The van der Waals surface area contributed by atoms with Gasteiger partial charge in [0, 0.05) is 4.47 Å². The van der Waals surface area contributed by atoms with Crippen LogP contribution in [0, 0.1) is 0 Å². The number of unbranched alkanes of at least 4 members (excludes halogenated alkanes) is 7. The number of nitrogens with one attached hydrogen (secondary N) is 1. The highest BCUT2D eigenvalue weighted by atomic mass is 79.9. The van der Waals surface area contributed by atoms with Crippen LogP contribution in [-0.2, 0) is 9.53 Å². The SMILES string of the molecule is CCCCCCCCCCOC(=O)C(C)NC(=O)c1ccccc1Br. The molecule has 140 valence electrons. The molecule has 1 aromatic rings. The molecule has 0 aliphatic carbocycles. The maximum absolute atomic E-state index is 12.2. The Kier molecular flexibility index (Phi) is 11.2. The van der Waals surface area contributed by atoms with Crippen LogP contribution in [0.5, 0.6) is 0 Å². The van der Waals surface area contributed by atoms with Crippen LogP contribution in [0.3, 0.4) is 0 Å². The lowest BCUT2D eigenvalue weighted by Crippen LogP contribution is -2.39. The Bertz CT molecular complexity index is 533. The zero-order chi connectivity index (χ0) is 18.5. The first kappa shape index (κ1) is 21.7. The minimum atomic E-state index is -0.659. The van der Waals surface area contributed by atoms with Gasteiger partial charge in [-0.2, -0.15) is 0 Å². The molecule has 0 spiro atoms. The Morgan fingerprint density at radius 2 is 1.64 bits per heavy atom. The maximum Gasteiger partial charge on any atom is 0.328 e. The monoisotopic (exact) mass is 411 g/mol. The quantitative estimate of drug-likeness (QED) is 0.377. The number of ether oxygens (including phenoxy) is 1. The molecule has 0 saturated carbocycles. The van der Waals surface area contributed by atoms with Gasteiger partial charge in [-0.25, -0.2) is 4.79 Å². The van der Waals surface area contributed by atoms with E-state index in [0.717, 1.165) is 12.8 Å². The number of amides is 1. The van der Waals surface area contributed by atoms with E-state index in [1.165, 1.54) is 38.5 Å². The zero-order valence-corrected chi connectivity index (χ0v) is 16.9. The van der Waals surface area contributed by atoms with Crippen molar-refractivity contribution in [1.82, 2.24) is 5.32 Å². The fraction of sp³-hybridized carbons (Fsp3) is 0.600. The molecule has 0 bridgehead atoms. The standard InChI is InChI=1S/C20H30BrNO3/c1-3-4-5-6-7-8-9-12-15-25-20(24)16(2)22-19(23)17-13-10-11-14-18(17)21/h10-11,13-14,16H,3-9,12,15H2,1-2H3,(H,22,23). The van der Waals surface area contributed by atoms with Crippen LogP contribution in [0.2, 0.25) is 0 Å². The normalized spacial score (nSPS) is 11.8. The average molecular weight is 412 g/mol. The lowest BCUT2D eigenvalue weighted by molar-refractivity contribution is -0.145. The van der Waals surface area contributed by atoms with Gasteiger partial charge in [-0.15, -0.1) is 0 Å². The van der Waals surface area contributed by atoms with Crippen molar-refractivity contribution in [3.05, 3.63) is 34.3 Å². The van der Waals surface area contributed by atoms with Gasteiger partial charge in [0.25, 0.3) is 5.91 Å². The van der Waals surface area contributed by atoms with Crippen molar-refractivity contribution in [3.63, 3.8) is 0 Å². The first-order valence-corrected chi connectivity index (χ1v) is 10.1. The molecule has 4 nitrogen and oxygen atoms in total. The summed E-state index contributed by atoms with van der Waals surface area (Å²) in [4.78, 5) is 24.1. The minimum Gasteiger partial charge on any atom is -0.464 e. The Balaban J connectivity index is 2.16. The lowest BCUT2D eigenvalue weighted by atomic mass is 10.1. The van der Waals surface area contributed by atoms with Crippen LogP contribution in [-0.4, -0.2) is 24.5 Å². The Morgan fingerprint density at radius 1 is 1.04 bits per heavy atom. The predicted molar refractivity (Wildman–Crippen MR) is 105 cm³/mol. The Morgan fingerprint density at radius 3 is 2.28 bits per heavy atom. The van der Waals surface area contributed by atoms with Gasteiger partial charge in [0.05, 0.1) is 12.2 Å². The second-order valence-corrected chi connectivity index (χ2v) is 7.17. The van der Waals surface area contributed by atoms with Crippen molar-refractivity contribution < 1.29 is 14.3 Å². The van der Waals surface area contributed by atoms with E-state index in [-0.39, 0.29) is 11.9 Å². The number of hydrogen-bond donors (Lipinski definition) is 1. The molecule has 1 amide bonds. The maximum atomic E-state index is 12.2. The van der Waals surface area contributed by atoms with Crippen molar-refractivity contribution >= 4 is 27.8 Å². The first-order chi connectivity index (χ1) is 12.1. The van der Waals surface area contributed by atoms with Gasteiger partial charge in [0.2, 0.25) is 0 Å². The second kappa shape index (κ2) is 12.9. The molecule has 0 aliphatic heterocycles. The van der Waals surface area contributed by atoms with E-state index in [0.29, 0.717) is 16.6 Å². The van der Waals surface area contributed by atoms with Crippen molar-refractivity contribution in [2.24, 2.45) is 0 Å². The van der Waals surface area contributed by atoms with E-state index in [9.17, 15) is 9.59 Å². The molecule has 1 unspecified atom stereocenters. The van der Waals surface area contributed by atoms with Gasteiger partial charge < -0.3 is 10.1 Å². The van der Waals surface area contributed by atoms with Gasteiger partial charge in [-0.3, -0.25) is 4.79 Å². The number of benzene rings is 1. The molecule has 0 radical (unpaired) electrons. The molecular formula is C20H30BrNO3. The van der Waals surface area contributed by atoms with Crippen LogP contribution in [0.25, 0.3) is 0 Å². The van der Waals surface area contributed by atoms with E-state index in [4.69, 9.17) is 4.74 Å². The van der Waals surface area contributed by atoms with E-state index in [1.807, 2.05) is 6.07 Å². The molecular weight excluding hydrogens is 382 g/mol. The van der Waals surface area contributed by atoms with E-state index in [2.05, 4.69) is 28.2 Å². The van der Waals surface area contributed by atoms with Crippen LogP contribution >= 0.6 is 15.9 Å². The van der Waals surface area contributed by atoms with Gasteiger partial charge in [-0.05, 0) is 41.4 Å². The lowest BCUT2D eigenvalue weighted by Gasteiger charge is -2.14. The number of halogens is 1. The summed E-state index contributed by atoms with van der Waals surface area (Å²) in [6.07, 6.45) is 9.61. The second-order valence-electron chi connectivity index (χ2n) is 6.32. The third-order valence-corrected chi connectivity index (χ3v) is 4.75. The number of carbonyl (C=O) groups is 2. The van der Waals surface area contributed by atoms with Crippen molar-refractivity contribution in [2.45, 2.75) is 71.3 Å². The largest absolute Gasteiger partial charge is 0.464 e. The molecule has 1 aromatic carbocycles. The van der Waals surface area contributed by atoms with E-state index in [1.54, 1.807) is 25.1 Å². The molecule has 0 aliphatic rings. The summed E-state index contributed by atoms with van der Waals surface area (Å²) in [7, 11) is 0. The molecule has 0 saturated heterocycles. The van der Waals surface area contributed by atoms with Crippen LogP contribution in [0.1, 0.15) is 75.6 Å². The summed E-state index contributed by atoms with van der Waals surface area (Å²) in [5, 5.41) is 2.67. The van der Waals surface area contributed by atoms with Crippen molar-refractivity contribution in [2.75, 3.05) is 6.61 Å². The highest BCUT2D eigenvalue weighted by Crippen LogP contribution is 2.15. The molecule has 1 N–H and O–H groups in total. The molecule has 25 heavy (non-hydrogen) atoms. The number of hydrogen-bond acceptors (Lipinski definition) is 3. The summed E-state index contributed by atoms with van der Waals surface area (Å²) < 4.78 is 5.95. The fourth-order valence-corrected chi connectivity index (χ4v) is 2.98. The van der Waals surface area contributed by atoms with Crippen molar-refractivity contribution in [1.29, 1.82) is 0 Å². The molecule has 0 fully saturated rings. The topological polar surface area (TPSA) is 55.4 Å². The van der Waals surface area contributed by atoms with Gasteiger partial charge >= 0.3 is 5.97 Å². The number of esters is 1. The highest BCUT2D eigenvalue weighted by Gasteiger charge is 2.18. The zero-order valence-electron chi connectivity index (χ0n) is 15.4. The van der Waals surface area contributed by atoms with Crippen LogP contribution in [0.15, 0.2) is 28.7 Å². The highest BCUT2D eigenvalue weighted by molar-refractivity contribution is 9.10. The molecule has 5 heteroatoms. The molecule has 1 rings (SSSR count). The fourth-order valence-electron chi connectivity index (χ4n) is 2.51. The summed E-state index contributed by atoms with van der Waals surface area (Å²) in [6.45, 7) is 4.28. The number of carbonyl (C=O) groups excluding carboxylic acids is 2. The smallest absolute Gasteiger partial charge is 0.328 e. The Labute approximate surface area is 159 Å². The van der Waals surface area contributed by atoms with Crippen LogP contribution < -0.4 is 5.32 Å². The van der Waals surface area contributed by atoms with Gasteiger partial charge in [0.15, 0.2) is 0 Å². The first-order valence-electron chi connectivity index (χ1n) is 9.28. The minimum absolute atomic E-state index is 0.288. The summed E-state index contributed by atoms with van der Waals surface area (Å²) >= 11 is 3.33. The number of rotatable bonds is 12. The third-order valence-electron chi connectivity index (χ3n) is 4.06. The summed E-state index contributed by atoms with van der Waals surface area (Å²) in [5.41, 5.74) is 0.505. The van der Waals surface area contributed by atoms with Crippen LogP contribution in [0.4, 0.5) is 0 Å². The van der Waals surface area contributed by atoms with Crippen molar-refractivity contribution in [3.8, 4) is 0 Å². The van der Waals surface area contributed by atoms with E-state index < -0.39 is 6.04 Å². The van der Waals surface area contributed by atoms with Gasteiger partial charge in [0.1, 0.15) is 6.04 Å². The molecule has 0 aromatic heterocycles. The summed E-state index contributed by atoms with van der Waals surface area (Å²) in [6, 6.07) is 6.46. The molecule has 0 heterocycles. The predicted octanol–water partition coefficient (Wildman–Crippen LogP) is 5.25. The third kappa shape index (κ3) is 9.05. The van der Waals surface area contributed by atoms with Gasteiger partial charge in [-0.1, -0.05) is 64.0 Å². The summed E-state index contributed by atoms with van der Waals surface area (Å²) in [5.74, 6) is -0.674.